The zero-order valence-electron chi connectivity index (χ0n) is 15.0. The maximum absolute atomic E-state index is 12.9. The Morgan fingerprint density at radius 3 is 2.70 bits per heavy atom. The van der Waals surface area contributed by atoms with Crippen molar-refractivity contribution in [3.05, 3.63) is 72.2 Å². The van der Waals surface area contributed by atoms with Crippen molar-refractivity contribution in [3.63, 3.8) is 0 Å². The van der Waals surface area contributed by atoms with Gasteiger partial charge in [-0.15, -0.1) is 0 Å². The van der Waals surface area contributed by atoms with Crippen molar-refractivity contribution in [3.8, 4) is 11.3 Å². The number of carbonyl (C=O) groups is 1. The Morgan fingerprint density at radius 1 is 1.15 bits per heavy atom. The Hall–Kier alpha value is -2.99. The number of carbonyl (C=O) groups excluding carboxylic acids is 1. The average molecular weight is 362 g/mol. The number of rotatable bonds is 5. The van der Waals surface area contributed by atoms with E-state index in [2.05, 4.69) is 20.5 Å². The fourth-order valence-electron chi connectivity index (χ4n) is 3.50. The molecule has 1 atom stereocenters. The average Bonchev–Trinajstić information content (AvgIpc) is 3.24. The molecule has 0 saturated carbocycles. The summed E-state index contributed by atoms with van der Waals surface area (Å²) in [6.07, 6.45) is 5.40. The van der Waals surface area contributed by atoms with Gasteiger partial charge >= 0.3 is 0 Å². The molecule has 27 heavy (non-hydrogen) atoms. The van der Waals surface area contributed by atoms with Crippen LogP contribution in [0.4, 0.5) is 0 Å². The number of pyridine rings is 1. The molecule has 1 saturated heterocycles. The van der Waals surface area contributed by atoms with Gasteiger partial charge in [0.25, 0.3) is 5.91 Å². The summed E-state index contributed by atoms with van der Waals surface area (Å²) in [5.74, 6) is 0.161. The molecule has 3 heterocycles. The molecule has 2 N–H and O–H groups in total. The maximum atomic E-state index is 12.9. The van der Waals surface area contributed by atoms with E-state index in [-0.39, 0.29) is 11.9 Å². The van der Waals surface area contributed by atoms with Crippen molar-refractivity contribution in [2.45, 2.75) is 18.9 Å². The summed E-state index contributed by atoms with van der Waals surface area (Å²) >= 11 is 0. The Kier molecular flexibility index (Phi) is 5.25. The molecule has 1 fully saturated rings. The molecule has 6 nitrogen and oxygen atoms in total. The first-order chi connectivity index (χ1) is 13.3. The summed E-state index contributed by atoms with van der Waals surface area (Å²) in [6.45, 7) is 1.44. The molecule has 4 rings (SSSR count). The number of ether oxygens (including phenoxy) is 1. The summed E-state index contributed by atoms with van der Waals surface area (Å²) in [5.41, 5.74) is 3.20. The van der Waals surface area contributed by atoms with E-state index in [9.17, 15) is 4.79 Å². The summed E-state index contributed by atoms with van der Waals surface area (Å²) < 4.78 is 5.48. The molecule has 1 aliphatic heterocycles. The van der Waals surface area contributed by atoms with Crippen LogP contribution in [0.1, 0.15) is 34.9 Å². The molecule has 1 aliphatic rings. The largest absolute Gasteiger partial charge is 0.381 e. The normalized spacial score (nSPS) is 16.0. The highest BCUT2D eigenvalue weighted by Gasteiger charge is 2.28. The van der Waals surface area contributed by atoms with Gasteiger partial charge in [0.1, 0.15) is 5.69 Å². The second kappa shape index (κ2) is 8.14. The fourth-order valence-corrected chi connectivity index (χ4v) is 3.50. The van der Waals surface area contributed by atoms with Crippen LogP contribution < -0.4 is 5.32 Å². The Balaban J connectivity index is 1.54. The Bertz CT molecular complexity index is 873. The van der Waals surface area contributed by atoms with Crippen molar-refractivity contribution in [1.29, 1.82) is 0 Å². The molecule has 1 unspecified atom stereocenters. The Labute approximate surface area is 158 Å². The number of amides is 1. The number of hydrogen-bond acceptors (Lipinski definition) is 4. The third-order valence-electron chi connectivity index (χ3n) is 4.96. The van der Waals surface area contributed by atoms with Gasteiger partial charge in [-0.05, 0) is 36.5 Å². The lowest BCUT2D eigenvalue weighted by atomic mass is 9.87. The highest BCUT2D eigenvalue weighted by molar-refractivity contribution is 5.93. The molecule has 0 aliphatic carbocycles. The minimum atomic E-state index is -0.162. The topological polar surface area (TPSA) is 79.9 Å². The van der Waals surface area contributed by atoms with Gasteiger partial charge in [-0.25, -0.2) is 0 Å². The third kappa shape index (κ3) is 4.06. The number of nitrogens with one attached hydrogen (secondary N) is 2. The van der Waals surface area contributed by atoms with Crippen molar-refractivity contribution in [2.24, 2.45) is 5.92 Å². The smallest absolute Gasteiger partial charge is 0.269 e. The van der Waals surface area contributed by atoms with E-state index in [0.29, 0.717) is 11.6 Å². The molecule has 6 heteroatoms. The SMILES string of the molecule is O=C(NC(c1cccnc1)C1CCOCC1)c1cc(-c2ccccc2)n[nH]1. The van der Waals surface area contributed by atoms with Crippen LogP contribution >= 0.6 is 0 Å². The predicted octanol–water partition coefficient (Wildman–Crippen LogP) is 3.37. The first-order valence-electron chi connectivity index (χ1n) is 9.20. The monoisotopic (exact) mass is 362 g/mol. The highest BCUT2D eigenvalue weighted by Crippen LogP contribution is 2.30. The third-order valence-corrected chi connectivity index (χ3v) is 4.96. The summed E-state index contributed by atoms with van der Waals surface area (Å²) in [4.78, 5) is 17.1. The lowest BCUT2D eigenvalue weighted by Gasteiger charge is -2.31. The van der Waals surface area contributed by atoms with Crippen molar-refractivity contribution < 1.29 is 9.53 Å². The quantitative estimate of drug-likeness (QED) is 0.729. The summed E-state index contributed by atoms with van der Waals surface area (Å²) in [6, 6.07) is 15.4. The van der Waals surface area contributed by atoms with Crippen molar-refractivity contribution >= 4 is 5.91 Å². The second-order valence-corrected chi connectivity index (χ2v) is 6.72. The lowest BCUT2D eigenvalue weighted by molar-refractivity contribution is 0.0513. The summed E-state index contributed by atoms with van der Waals surface area (Å²) in [5, 5.41) is 10.3. The van der Waals surface area contributed by atoms with Crippen molar-refractivity contribution in [1.82, 2.24) is 20.5 Å². The molecule has 0 radical (unpaired) electrons. The van der Waals surface area contributed by atoms with Crippen LogP contribution in [0.15, 0.2) is 60.9 Å². The van der Waals surface area contributed by atoms with Gasteiger partial charge in [-0.2, -0.15) is 5.10 Å². The van der Waals surface area contributed by atoms with Crippen LogP contribution in [0.5, 0.6) is 0 Å². The molecule has 0 spiro atoms. The van der Waals surface area contributed by atoms with E-state index in [1.807, 2.05) is 48.7 Å². The highest BCUT2D eigenvalue weighted by atomic mass is 16.5. The molecule has 138 valence electrons. The van der Waals surface area contributed by atoms with Gasteiger partial charge in [0.05, 0.1) is 11.7 Å². The van der Waals surface area contributed by atoms with E-state index in [1.54, 1.807) is 12.3 Å². The van der Waals surface area contributed by atoms with Crippen LogP contribution in [0.3, 0.4) is 0 Å². The van der Waals surface area contributed by atoms with Crippen LogP contribution in [0, 0.1) is 5.92 Å². The van der Waals surface area contributed by atoms with E-state index in [1.165, 1.54) is 0 Å². The summed E-state index contributed by atoms with van der Waals surface area (Å²) in [7, 11) is 0. The molecule has 0 bridgehead atoms. The standard InChI is InChI=1S/C21H22N4O2/c26-21(19-13-18(24-25-19)15-5-2-1-3-6-15)23-20(16-8-11-27-12-9-16)17-7-4-10-22-14-17/h1-7,10,13-14,16,20H,8-9,11-12H2,(H,23,26)(H,24,25). The first-order valence-corrected chi connectivity index (χ1v) is 9.20. The van der Waals surface area contributed by atoms with Crippen LogP contribution in [-0.2, 0) is 4.74 Å². The van der Waals surface area contributed by atoms with Gasteiger partial charge in [0.2, 0.25) is 0 Å². The van der Waals surface area contributed by atoms with Gasteiger partial charge in [0.15, 0.2) is 0 Å². The van der Waals surface area contributed by atoms with E-state index in [4.69, 9.17) is 4.74 Å². The van der Waals surface area contributed by atoms with E-state index < -0.39 is 0 Å². The molecular formula is C21H22N4O2. The Morgan fingerprint density at radius 2 is 1.96 bits per heavy atom. The van der Waals surface area contributed by atoms with Crippen LogP contribution in [-0.4, -0.2) is 34.3 Å². The van der Waals surface area contributed by atoms with E-state index in [0.717, 1.165) is 42.9 Å². The van der Waals surface area contributed by atoms with Crippen molar-refractivity contribution in [2.75, 3.05) is 13.2 Å². The number of aromatic nitrogens is 3. The van der Waals surface area contributed by atoms with Crippen LogP contribution in [0.25, 0.3) is 11.3 Å². The number of H-pyrrole nitrogens is 1. The van der Waals surface area contributed by atoms with Gasteiger partial charge < -0.3 is 10.1 Å². The zero-order chi connectivity index (χ0) is 18.5. The number of aromatic amines is 1. The second-order valence-electron chi connectivity index (χ2n) is 6.72. The first kappa shape index (κ1) is 17.4. The minimum absolute atomic E-state index is 0.0985. The fraction of sp³-hybridized carbons (Fsp3) is 0.286. The molecular weight excluding hydrogens is 340 g/mol. The minimum Gasteiger partial charge on any atom is -0.381 e. The van der Waals surface area contributed by atoms with Gasteiger partial charge in [-0.3, -0.25) is 14.9 Å². The molecule has 1 amide bonds. The number of benzene rings is 1. The van der Waals surface area contributed by atoms with Gasteiger partial charge in [0, 0.05) is 31.2 Å². The number of hydrogen-bond donors (Lipinski definition) is 2. The maximum Gasteiger partial charge on any atom is 0.269 e. The molecule has 2 aromatic heterocycles. The van der Waals surface area contributed by atoms with Gasteiger partial charge in [-0.1, -0.05) is 36.4 Å². The van der Waals surface area contributed by atoms with E-state index >= 15 is 0 Å². The predicted molar refractivity (Wildman–Crippen MR) is 102 cm³/mol. The molecule has 3 aromatic rings. The lowest BCUT2D eigenvalue weighted by Crippen LogP contribution is -2.36. The van der Waals surface area contributed by atoms with Crippen LogP contribution in [0.2, 0.25) is 0 Å². The zero-order valence-corrected chi connectivity index (χ0v) is 15.0. The number of nitrogens with zero attached hydrogens (tertiary/aromatic N) is 2. The molecule has 1 aromatic carbocycles.